The first-order valence-electron chi connectivity index (χ1n) is 6.74. The van der Waals surface area contributed by atoms with E-state index in [0.29, 0.717) is 17.2 Å². The molecule has 0 saturated carbocycles. The van der Waals surface area contributed by atoms with Gasteiger partial charge in [-0.05, 0) is 37.6 Å². The molecule has 6 heteroatoms. The fourth-order valence-corrected chi connectivity index (χ4v) is 2.45. The monoisotopic (exact) mass is 311 g/mol. The van der Waals surface area contributed by atoms with Crippen LogP contribution in [0.15, 0.2) is 18.2 Å². The minimum absolute atomic E-state index is 0.0794. The molecule has 0 N–H and O–H groups in total. The molecule has 5 nitrogen and oxygen atoms in total. The lowest BCUT2D eigenvalue weighted by atomic mass is 10.1. The highest BCUT2D eigenvalue weighted by Crippen LogP contribution is 2.31. The molecule has 1 heterocycles. The number of carbonyl (C=O) groups excluding carboxylic acids is 2. The van der Waals surface area contributed by atoms with Gasteiger partial charge in [0.05, 0.1) is 7.11 Å². The summed E-state index contributed by atoms with van der Waals surface area (Å²) in [6.45, 7) is 3.61. The van der Waals surface area contributed by atoms with Gasteiger partial charge in [-0.2, -0.15) is 0 Å². The minimum atomic E-state index is -0.620. The number of amides is 1. The fourth-order valence-electron chi connectivity index (χ4n) is 2.26. The van der Waals surface area contributed by atoms with Gasteiger partial charge in [0.2, 0.25) is 0 Å². The molecule has 1 aromatic carbocycles. The SMILES string of the molecule is COC(=O)CN(C(=O)C1Cc2cc(Cl)ccc2O1)C(C)C. The van der Waals surface area contributed by atoms with Crippen molar-refractivity contribution < 1.29 is 19.1 Å². The lowest BCUT2D eigenvalue weighted by molar-refractivity contribution is -0.150. The first kappa shape index (κ1) is 15.6. The smallest absolute Gasteiger partial charge is 0.325 e. The van der Waals surface area contributed by atoms with E-state index in [4.69, 9.17) is 16.3 Å². The molecule has 0 aromatic heterocycles. The molecule has 1 unspecified atom stereocenters. The van der Waals surface area contributed by atoms with Crippen LogP contribution in [0.3, 0.4) is 0 Å². The zero-order valence-electron chi connectivity index (χ0n) is 12.3. The number of halogens is 1. The standard InChI is InChI=1S/C15H18ClNO4/c1-9(2)17(8-14(18)20-3)15(19)13-7-10-6-11(16)4-5-12(10)21-13/h4-6,9,13H,7-8H2,1-3H3. The summed E-state index contributed by atoms with van der Waals surface area (Å²) in [6.07, 6.45) is -0.162. The van der Waals surface area contributed by atoms with Crippen LogP contribution >= 0.6 is 11.6 Å². The van der Waals surface area contributed by atoms with Gasteiger partial charge in [0.1, 0.15) is 12.3 Å². The summed E-state index contributed by atoms with van der Waals surface area (Å²) in [5.41, 5.74) is 0.905. The predicted molar refractivity (Wildman–Crippen MR) is 78.4 cm³/mol. The molecule has 1 aliphatic heterocycles. The van der Waals surface area contributed by atoms with E-state index < -0.39 is 12.1 Å². The van der Waals surface area contributed by atoms with Crippen LogP contribution in [0.4, 0.5) is 0 Å². The van der Waals surface area contributed by atoms with Crippen LogP contribution in [-0.2, 0) is 20.7 Å². The summed E-state index contributed by atoms with van der Waals surface area (Å²) in [7, 11) is 1.30. The number of rotatable bonds is 4. The van der Waals surface area contributed by atoms with Gasteiger partial charge in [-0.25, -0.2) is 0 Å². The van der Waals surface area contributed by atoms with Gasteiger partial charge in [-0.3, -0.25) is 9.59 Å². The Kier molecular flexibility index (Phi) is 4.73. The maximum atomic E-state index is 12.6. The quantitative estimate of drug-likeness (QED) is 0.799. The number of ether oxygens (including phenoxy) is 2. The molecule has 0 radical (unpaired) electrons. The van der Waals surface area contributed by atoms with Crippen LogP contribution in [0, 0.1) is 0 Å². The zero-order valence-corrected chi connectivity index (χ0v) is 13.0. The van der Waals surface area contributed by atoms with Crippen LogP contribution < -0.4 is 4.74 Å². The lowest BCUT2D eigenvalue weighted by Crippen LogP contribution is -2.47. The summed E-state index contributed by atoms with van der Waals surface area (Å²) in [5.74, 6) is -0.00199. The molecule has 1 aliphatic rings. The molecule has 0 aliphatic carbocycles. The highest BCUT2D eigenvalue weighted by atomic mass is 35.5. The van der Waals surface area contributed by atoms with Gasteiger partial charge < -0.3 is 14.4 Å². The first-order chi connectivity index (χ1) is 9.92. The third-order valence-electron chi connectivity index (χ3n) is 3.41. The molecular formula is C15H18ClNO4. The molecule has 2 rings (SSSR count). The average molecular weight is 312 g/mol. The Morgan fingerprint density at radius 1 is 1.48 bits per heavy atom. The van der Waals surface area contributed by atoms with Crippen LogP contribution in [-0.4, -0.2) is 42.6 Å². The summed E-state index contributed by atoms with van der Waals surface area (Å²) < 4.78 is 10.3. The number of fused-ring (bicyclic) bond motifs is 1. The summed E-state index contributed by atoms with van der Waals surface area (Å²) in [4.78, 5) is 25.4. The van der Waals surface area contributed by atoms with Crippen LogP contribution in [0.25, 0.3) is 0 Å². The third kappa shape index (κ3) is 3.47. The van der Waals surface area contributed by atoms with Crippen molar-refractivity contribution in [3.8, 4) is 5.75 Å². The first-order valence-corrected chi connectivity index (χ1v) is 7.12. The van der Waals surface area contributed by atoms with Gasteiger partial charge >= 0.3 is 5.97 Å². The van der Waals surface area contributed by atoms with Gasteiger partial charge in [-0.1, -0.05) is 11.6 Å². The number of esters is 1. The number of hydrogen-bond donors (Lipinski definition) is 0. The molecule has 0 bridgehead atoms. The van der Waals surface area contributed by atoms with Crippen molar-refractivity contribution in [3.63, 3.8) is 0 Å². The van der Waals surface area contributed by atoms with Crippen molar-refractivity contribution >= 4 is 23.5 Å². The molecular weight excluding hydrogens is 294 g/mol. The van der Waals surface area contributed by atoms with Gasteiger partial charge in [-0.15, -0.1) is 0 Å². The highest BCUT2D eigenvalue weighted by molar-refractivity contribution is 6.30. The van der Waals surface area contributed by atoms with E-state index in [9.17, 15) is 9.59 Å². The zero-order chi connectivity index (χ0) is 15.6. The van der Waals surface area contributed by atoms with E-state index >= 15 is 0 Å². The van der Waals surface area contributed by atoms with E-state index in [1.807, 2.05) is 13.8 Å². The highest BCUT2D eigenvalue weighted by Gasteiger charge is 2.34. The molecule has 21 heavy (non-hydrogen) atoms. The summed E-state index contributed by atoms with van der Waals surface area (Å²) >= 11 is 5.94. The van der Waals surface area contributed by atoms with Crippen molar-refractivity contribution in [1.82, 2.24) is 4.90 Å². The molecule has 1 atom stereocenters. The van der Waals surface area contributed by atoms with Crippen molar-refractivity contribution in [2.75, 3.05) is 13.7 Å². The minimum Gasteiger partial charge on any atom is -0.480 e. The van der Waals surface area contributed by atoms with E-state index in [1.54, 1.807) is 18.2 Å². The van der Waals surface area contributed by atoms with Gasteiger partial charge in [0, 0.05) is 17.5 Å². The second-order valence-corrected chi connectivity index (χ2v) is 5.64. The lowest BCUT2D eigenvalue weighted by Gasteiger charge is -2.27. The van der Waals surface area contributed by atoms with Crippen LogP contribution in [0.5, 0.6) is 5.75 Å². The Morgan fingerprint density at radius 2 is 2.19 bits per heavy atom. The average Bonchev–Trinajstić information content (AvgIpc) is 2.86. The number of carbonyl (C=O) groups is 2. The number of nitrogens with zero attached hydrogens (tertiary/aromatic N) is 1. The molecule has 0 spiro atoms. The Hall–Kier alpha value is -1.75. The Labute approximate surface area is 128 Å². The molecule has 0 fully saturated rings. The molecule has 114 valence electrons. The van der Waals surface area contributed by atoms with Crippen molar-refractivity contribution in [1.29, 1.82) is 0 Å². The van der Waals surface area contributed by atoms with Gasteiger partial charge in [0.25, 0.3) is 5.91 Å². The summed E-state index contributed by atoms with van der Waals surface area (Å²) in [6, 6.07) is 5.16. The Balaban J connectivity index is 2.11. The van der Waals surface area contributed by atoms with Crippen LogP contribution in [0.2, 0.25) is 5.02 Å². The molecule has 0 saturated heterocycles. The number of hydrogen-bond acceptors (Lipinski definition) is 4. The largest absolute Gasteiger partial charge is 0.480 e. The van der Waals surface area contributed by atoms with E-state index in [1.165, 1.54) is 12.0 Å². The fraction of sp³-hybridized carbons (Fsp3) is 0.467. The number of methoxy groups -OCH3 is 1. The van der Waals surface area contributed by atoms with E-state index in [2.05, 4.69) is 4.74 Å². The Bertz CT molecular complexity index is 559. The molecule has 1 amide bonds. The molecule has 1 aromatic rings. The van der Waals surface area contributed by atoms with Crippen molar-refractivity contribution in [3.05, 3.63) is 28.8 Å². The Morgan fingerprint density at radius 3 is 2.81 bits per heavy atom. The normalized spacial score (nSPS) is 16.3. The second kappa shape index (κ2) is 6.35. The third-order valence-corrected chi connectivity index (χ3v) is 3.64. The van der Waals surface area contributed by atoms with Crippen molar-refractivity contribution in [2.24, 2.45) is 0 Å². The maximum Gasteiger partial charge on any atom is 0.325 e. The topological polar surface area (TPSA) is 55.8 Å². The van der Waals surface area contributed by atoms with Crippen LogP contribution in [0.1, 0.15) is 19.4 Å². The summed E-state index contributed by atoms with van der Waals surface area (Å²) in [5, 5.41) is 0.612. The second-order valence-electron chi connectivity index (χ2n) is 5.20. The van der Waals surface area contributed by atoms with E-state index in [-0.39, 0.29) is 18.5 Å². The number of benzene rings is 1. The predicted octanol–water partition coefficient (Wildman–Crippen LogP) is 2.05. The van der Waals surface area contributed by atoms with E-state index in [0.717, 1.165) is 5.56 Å². The van der Waals surface area contributed by atoms with Gasteiger partial charge in [0.15, 0.2) is 6.10 Å². The van der Waals surface area contributed by atoms with Crippen molar-refractivity contribution in [2.45, 2.75) is 32.4 Å². The maximum absolute atomic E-state index is 12.6.